The maximum Gasteiger partial charge on any atom is 0.262 e. The largest absolute Gasteiger partial charge is 0.276 e. The average Bonchev–Trinajstić information content (AvgIpc) is 2.87. The molecule has 0 spiro atoms. The zero-order valence-electron chi connectivity index (χ0n) is 16.0. The van der Waals surface area contributed by atoms with Gasteiger partial charge >= 0.3 is 0 Å². The molecular formula is C20H21ClFN3O2S. The van der Waals surface area contributed by atoms with Crippen molar-refractivity contribution in [2.45, 2.75) is 39.1 Å². The molecule has 0 bridgehead atoms. The van der Waals surface area contributed by atoms with Gasteiger partial charge in [0.25, 0.3) is 10.0 Å². The summed E-state index contributed by atoms with van der Waals surface area (Å²) in [5.74, 6) is -0.433. The molecule has 0 fully saturated rings. The molecule has 0 radical (unpaired) electrons. The minimum atomic E-state index is -3.79. The zero-order chi connectivity index (χ0) is 20.6. The van der Waals surface area contributed by atoms with E-state index in [1.165, 1.54) is 12.1 Å². The lowest BCUT2D eigenvalue weighted by atomic mass is 10.2. The number of hydrogen-bond acceptors (Lipinski definition) is 3. The molecule has 0 aliphatic heterocycles. The number of halogens is 2. The van der Waals surface area contributed by atoms with E-state index in [0.717, 1.165) is 5.56 Å². The number of hydrogen-bond donors (Lipinski definition) is 1. The van der Waals surface area contributed by atoms with Crippen LogP contribution in [0.2, 0.25) is 5.02 Å². The molecule has 8 heteroatoms. The fourth-order valence-corrected chi connectivity index (χ4v) is 4.75. The number of aromatic nitrogens is 2. The number of aryl methyl sites for hydroxylation is 3. The summed E-state index contributed by atoms with van der Waals surface area (Å²) in [7, 11) is -3.79. The highest BCUT2D eigenvalue weighted by atomic mass is 35.5. The summed E-state index contributed by atoms with van der Waals surface area (Å²) in [5.41, 5.74) is 3.26. The predicted octanol–water partition coefficient (Wildman–Crippen LogP) is 4.76. The van der Waals surface area contributed by atoms with Gasteiger partial charge in [0.05, 0.1) is 28.5 Å². The van der Waals surface area contributed by atoms with Crippen molar-refractivity contribution in [3.8, 4) is 0 Å². The maximum absolute atomic E-state index is 14.1. The van der Waals surface area contributed by atoms with Gasteiger partial charge < -0.3 is 0 Å². The molecule has 28 heavy (non-hydrogen) atoms. The van der Waals surface area contributed by atoms with Crippen molar-refractivity contribution in [3.63, 3.8) is 0 Å². The van der Waals surface area contributed by atoms with Gasteiger partial charge in [-0.15, -0.1) is 0 Å². The molecule has 0 aliphatic rings. The van der Waals surface area contributed by atoms with Gasteiger partial charge in [-0.05, 0) is 57.0 Å². The van der Waals surface area contributed by atoms with Crippen LogP contribution in [0.25, 0.3) is 0 Å². The van der Waals surface area contributed by atoms with Crippen LogP contribution in [0.1, 0.15) is 28.1 Å². The highest BCUT2D eigenvalue weighted by Crippen LogP contribution is 2.27. The quantitative estimate of drug-likeness (QED) is 0.646. The van der Waals surface area contributed by atoms with Crippen LogP contribution < -0.4 is 4.72 Å². The van der Waals surface area contributed by atoms with Crippen molar-refractivity contribution in [2.24, 2.45) is 0 Å². The third-order valence-electron chi connectivity index (χ3n) is 4.62. The molecule has 0 atom stereocenters. The first-order valence-corrected chi connectivity index (χ1v) is 10.5. The Balaban J connectivity index is 1.97. The molecule has 148 valence electrons. The van der Waals surface area contributed by atoms with E-state index in [-0.39, 0.29) is 11.4 Å². The molecule has 1 N–H and O–H groups in total. The lowest BCUT2D eigenvalue weighted by molar-refractivity contribution is 0.579. The molecular weight excluding hydrogens is 401 g/mol. The maximum atomic E-state index is 14.1. The topological polar surface area (TPSA) is 64.0 Å². The summed E-state index contributed by atoms with van der Waals surface area (Å²) in [5, 5.41) is 4.67. The second kappa shape index (κ2) is 7.56. The van der Waals surface area contributed by atoms with Gasteiger partial charge in [-0.2, -0.15) is 5.10 Å². The number of rotatable bonds is 5. The summed E-state index contributed by atoms with van der Waals surface area (Å²) in [6.45, 7) is 7.12. The number of anilines is 1. The molecule has 0 saturated carbocycles. The van der Waals surface area contributed by atoms with E-state index in [1.807, 2.05) is 13.0 Å². The Kier molecular flexibility index (Phi) is 5.50. The van der Waals surface area contributed by atoms with Gasteiger partial charge in [0, 0.05) is 10.6 Å². The van der Waals surface area contributed by atoms with Gasteiger partial charge in [0.15, 0.2) is 0 Å². The van der Waals surface area contributed by atoms with Crippen molar-refractivity contribution in [1.82, 2.24) is 9.78 Å². The van der Waals surface area contributed by atoms with Gasteiger partial charge in [-0.3, -0.25) is 9.40 Å². The predicted molar refractivity (Wildman–Crippen MR) is 109 cm³/mol. The molecule has 0 amide bonds. The molecule has 0 aliphatic carbocycles. The number of benzene rings is 2. The van der Waals surface area contributed by atoms with Gasteiger partial charge in [0.2, 0.25) is 0 Å². The molecule has 1 heterocycles. The van der Waals surface area contributed by atoms with Crippen LogP contribution in [-0.2, 0) is 16.6 Å². The van der Waals surface area contributed by atoms with E-state index in [1.54, 1.807) is 43.7 Å². The third kappa shape index (κ3) is 3.91. The Labute approximate surface area is 169 Å². The van der Waals surface area contributed by atoms with Crippen LogP contribution in [0.4, 0.5) is 10.1 Å². The summed E-state index contributed by atoms with van der Waals surface area (Å²) in [4.78, 5) is 0.219. The normalized spacial score (nSPS) is 11.6. The second-order valence-corrected chi connectivity index (χ2v) is 8.84. The van der Waals surface area contributed by atoms with E-state index < -0.39 is 15.8 Å². The SMILES string of the molecule is Cc1ccc(C)c(S(=O)(=O)Nc2c(C)nn(Cc3c(F)cccc3Cl)c2C)c1. The number of sulfonamides is 1. The minimum Gasteiger partial charge on any atom is -0.276 e. The minimum absolute atomic E-state index is 0.101. The van der Waals surface area contributed by atoms with E-state index in [9.17, 15) is 12.8 Å². The van der Waals surface area contributed by atoms with Crippen molar-refractivity contribution < 1.29 is 12.8 Å². The van der Waals surface area contributed by atoms with Crippen molar-refractivity contribution in [2.75, 3.05) is 4.72 Å². The van der Waals surface area contributed by atoms with E-state index >= 15 is 0 Å². The van der Waals surface area contributed by atoms with Crippen molar-refractivity contribution in [3.05, 3.63) is 75.3 Å². The molecule has 5 nitrogen and oxygen atoms in total. The molecule has 2 aromatic carbocycles. The standard InChI is InChI=1S/C20H21ClFN3O2S/c1-12-8-9-13(2)19(10-12)28(26,27)24-20-14(3)23-25(15(20)4)11-16-17(21)6-5-7-18(16)22/h5-10,24H,11H2,1-4H3. The second-order valence-electron chi connectivity index (χ2n) is 6.78. The van der Waals surface area contributed by atoms with Crippen LogP contribution in [0, 0.1) is 33.5 Å². The zero-order valence-corrected chi connectivity index (χ0v) is 17.6. The fraction of sp³-hybridized carbons (Fsp3) is 0.250. The van der Waals surface area contributed by atoms with Crippen LogP contribution in [-0.4, -0.2) is 18.2 Å². The Morgan fingerprint density at radius 2 is 1.86 bits per heavy atom. The van der Waals surface area contributed by atoms with Crippen LogP contribution in [0.3, 0.4) is 0 Å². The van der Waals surface area contributed by atoms with Crippen LogP contribution in [0.5, 0.6) is 0 Å². The number of nitrogens with zero attached hydrogens (tertiary/aromatic N) is 2. The van der Waals surface area contributed by atoms with Gasteiger partial charge in [-0.1, -0.05) is 29.8 Å². The van der Waals surface area contributed by atoms with E-state index in [2.05, 4.69) is 9.82 Å². The lowest BCUT2D eigenvalue weighted by Gasteiger charge is -2.12. The monoisotopic (exact) mass is 421 g/mol. The van der Waals surface area contributed by atoms with Crippen LogP contribution >= 0.6 is 11.6 Å². The van der Waals surface area contributed by atoms with Gasteiger partial charge in [0.1, 0.15) is 5.82 Å². The lowest BCUT2D eigenvalue weighted by Crippen LogP contribution is -2.15. The Morgan fingerprint density at radius 3 is 2.54 bits per heavy atom. The first-order valence-electron chi connectivity index (χ1n) is 8.67. The summed E-state index contributed by atoms with van der Waals surface area (Å²) in [6.07, 6.45) is 0. The molecule has 3 rings (SSSR count). The first kappa shape index (κ1) is 20.4. The Morgan fingerprint density at radius 1 is 1.14 bits per heavy atom. The highest BCUT2D eigenvalue weighted by Gasteiger charge is 2.22. The molecule has 0 unspecified atom stereocenters. The van der Waals surface area contributed by atoms with E-state index in [4.69, 9.17) is 11.6 Å². The summed E-state index contributed by atoms with van der Waals surface area (Å²) < 4.78 is 44.1. The third-order valence-corrected chi connectivity index (χ3v) is 6.47. The first-order chi connectivity index (χ1) is 13.1. The Bertz CT molecular complexity index is 1140. The van der Waals surface area contributed by atoms with E-state index in [0.29, 0.717) is 33.2 Å². The molecule has 0 saturated heterocycles. The Hall–Kier alpha value is -2.38. The van der Waals surface area contributed by atoms with Crippen molar-refractivity contribution >= 4 is 27.3 Å². The summed E-state index contributed by atoms with van der Waals surface area (Å²) in [6, 6.07) is 9.74. The van der Waals surface area contributed by atoms with Gasteiger partial charge in [-0.25, -0.2) is 12.8 Å². The smallest absolute Gasteiger partial charge is 0.262 e. The molecule has 1 aromatic heterocycles. The number of nitrogens with one attached hydrogen (secondary N) is 1. The fourth-order valence-electron chi connectivity index (χ4n) is 3.02. The molecule has 3 aromatic rings. The van der Waals surface area contributed by atoms with Crippen LogP contribution in [0.15, 0.2) is 41.3 Å². The average molecular weight is 422 g/mol. The van der Waals surface area contributed by atoms with Crippen molar-refractivity contribution in [1.29, 1.82) is 0 Å². The highest BCUT2D eigenvalue weighted by molar-refractivity contribution is 7.92. The summed E-state index contributed by atoms with van der Waals surface area (Å²) >= 11 is 6.10.